The first-order valence-electron chi connectivity index (χ1n) is 5.14. The minimum absolute atomic E-state index is 0. The number of ether oxygens (including phenoxy) is 1. The molecule has 0 heterocycles. The molecule has 0 radical (unpaired) electrons. The summed E-state index contributed by atoms with van der Waals surface area (Å²) in [6, 6.07) is 16.8. The summed E-state index contributed by atoms with van der Waals surface area (Å²) in [5.74, 6) is -1.28. The summed E-state index contributed by atoms with van der Waals surface area (Å²) in [6.07, 6.45) is 0. The molecule has 0 aliphatic carbocycles. The molecule has 0 unspecified atom stereocenters. The van der Waals surface area contributed by atoms with Crippen molar-refractivity contribution in [3.05, 3.63) is 71.8 Å². The maximum atomic E-state index is 11.6. The predicted molar refractivity (Wildman–Crippen MR) is 73.0 cm³/mol. The summed E-state index contributed by atoms with van der Waals surface area (Å²) in [7, 11) is 0. The van der Waals surface area contributed by atoms with Gasteiger partial charge in [0.2, 0.25) is 0 Å². The second-order valence-electron chi connectivity index (χ2n) is 3.41. The maximum Gasteiger partial charge on any atom is 0.346 e. The summed E-state index contributed by atoms with van der Waals surface area (Å²) in [5, 5.41) is 0. The van der Waals surface area contributed by atoms with E-state index >= 15 is 0 Å². The highest BCUT2D eigenvalue weighted by atomic mass is 32.1. The highest BCUT2D eigenvalue weighted by molar-refractivity contribution is 7.59. The first-order valence-corrected chi connectivity index (χ1v) is 5.14. The third-order valence-electron chi connectivity index (χ3n) is 2.20. The Balaban J connectivity index is 0.00000162. The van der Waals surface area contributed by atoms with Crippen molar-refractivity contribution in [2.45, 2.75) is 0 Å². The molecule has 3 nitrogen and oxygen atoms in total. The zero-order chi connectivity index (χ0) is 12.1. The van der Waals surface area contributed by atoms with Gasteiger partial charge in [0, 0.05) is 0 Å². The van der Waals surface area contributed by atoms with Gasteiger partial charge in [-0.3, -0.25) is 0 Å². The van der Waals surface area contributed by atoms with E-state index in [1.165, 1.54) is 0 Å². The lowest BCUT2D eigenvalue weighted by molar-refractivity contribution is 0.0398. The van der Waals surface area contributed by atoms with E-state index in [9.17, 15) is 9.59 Å². The first-order chi connectivity index (χ1) is 8.27. The zero-order valence-corrected chi connectivity index (χ0v) is 10.5. The van der Waals surface area contributed by atoms with Gasteiger partial charge in [-0.1, -0.05) is 36.4 Å². The smallest absolute Gasteiger partial charge is 0.346 e. The normalized spacial score (nSPS) is 9.11. The zero-order valence-electron chi connectivity index (χ0n) is 9.50. The number of benzene rings is 2. The van der Waals surface area contributed by atoms with E-state index in [0.29, 0.717) is 11.1 Å². The van der Waals surface area contributed by atoms with Crippen LogP contribution in [0.25, 0.3) is 0 Å². The van der Waals surface area contributed by atoms with Crippen LogP contribution in [0.2, 0.25) is 0 Å². The van der Waals surface area contributed by atoms with Crippen LogP contribution in [0.15, 0.2) is 60.7 Å². The van der Waals surface area contributed by atoms with E-state index in [-0.39, 0.29) is 13.5 Å². The minimum Gasteiger partial charge on any atom is -0.386 e. The van der Waals surface area contributed by atoms with Gasteiger partial charge in [0.25, 0.3) is 0 Å². The molecule has 0 saturated heterocycles. The van der Waals surface area contributed by atoms with Crippen LogP contribution in [-0.4, -0.2) is 11.9 Å². The second-order valence-corrected chi connectivity index (χ2v) is 3.41. The number of carbonyl (C=O) groups is 2. The van der Waals surface area contributed by atoms with Crippen molar-refractivity contribution >= 4 is 25.4 Å². The Morgan fingerprint density at radius 1 is 0.667 bits per heavy atom. The Labute approximate surface area is 112 Å². The molecule has 0 bridgehead atoms. The average Bonchev–Trinajstić information content (AvgIpc) is 2.40. The van der Waals surface area contributed by atoms with Crippen molar-refractivity contribution in [2.24, 2.45) is 0 Å². The van der Waals surface area contributed by atoms with Crippen LogP contribution in [0.5, 0.6) is 0 Å². The Kier molecular flexibility index (Phi) is 5.14. The molecule has 0 amide bonds. The van der Waals surface area contributed by atoms with Gasteiger partial charge >= 0.3 is 11.9 Å². The molecule has 4 heteroatoms. The Bertz CT molecular complexity index is 474. The lowest BCUT2D eigenvalue weighted by Gasteiger charge is -2.02. The van der Waals surface area contributed by atoms with Gasteiger partial charge < -0.3 is 4.74 Å². The van der Waals surface area contributed by atoms with Crippen molar-refractivity contribution < 1.29 is 14.3 Å². The van der Waals surface area contributed by atoms with E-state index in [0.717, 1.165) is 0 Å². The Morgan fingerprint density at radius 3 is 1.33 bits per heavy atom. The predicted octanol–water partition coefficient (Wildman–Crippen LogP) is 2.80. The van der Waals surface area contributed by atoms with Gasteiger partial charge in [-0.15, -0.1) is 0 Å². The molecule has 2 rings (SSSR count). The molecule has 0 spiro atoms. The summed E-state index contributed by atoms with van der Waals surface area (Å²) in [5.41, 5.74) is 0.716. The van der Waals surface area contributed by atoms with Crippen LogP contribution < -0.4 is 0 Å². The van der Waals surface area contributed by atoms with Crippen LogP contribution in [0.1, 0.15) is 20.7 Å². The van der Waals surface area contributed by atoms with Crippen LogP contribution >= 0.6 is 13.5 Å². The summed E-state index contributed by atoms with van der Waals surface area (Å²) >= 11 is 0. The molecule has 0 fully saturated rings. The molecular weight excluding hydrogens is 248 g/mol. The van der Waals surface area contributed by atoms with Gasteiger partial charge in [0.1, 0.15) is 0 Å². The van der Waals surface area contributed by atoms with Crippen LogP contribution in [0.4, 0.5) is 0 Å². The van der Waals surface area contributed by atoms with Gasteiger partial charge in [-0.2, -0.15) is 13.5 Å². The quantitative estimate of drug-likeness (QED) is 0.616. The van der Waals surface area contributed by atoms with Gasteiger partial charge in [-0.25, -0.2) is 9.59 Å². The molecule has 0 aliphatic rings. The van der Waals surface area contributed by atoms with Crippen molar-refractivity contribution in [3.8, 4) is 0 Å². The second kappa shape index (κ2) is 6.61. The van der Waals surface area contributed by atoms with Crippen LogP contribution in [0.3, 0.4) is 0 Å². The van der Waals surface area contributed by atoms with Crippen molar-refractivity contribution in [2.75, 3.05) is 0 Å². The number of carbonyl (C=O) groups excluding carboxylic acids is 2. The topological polar surface area (TPSA) is 43.4 Å². The van der Waals surface area contributed by atoms with Crippen molar-refractivity contribution in [1.29, 1.82) is 0 Å². The molecule has 0 atom stereocenters. The minimum atomic E-state index is -0.639. The van der Waals surface area contributed by atoms with Crippen LogP contribution in [0, 0.1) is 0 Å². The molecule has 0 N–H and O–H groups in total. The Hall–Kier alpha value is -2.07. The highest BCUT2D eigenvalue weighted by Gasteiger charge is 2.13. The molecule has 2 aromatic rings. The Morgan fingerprint density at radius 2 is 1.00 bits per heavy atom. The fourth-order valence-corrected chi connectivity index (χ4v) is 1.35. The SMILES string of the molecule is O=C(OC(=O)c1ccccc1)c1ccccc1.S. The number of rotatable bonds is 2. The molecule has 0 aromatic heterocycles. The lowest BCUT2D eigenvalue weighted by Crippen LogP contribution is -2.12. The van der Waals surface area contributed by atoms with Gasteiger partial charge in [0.05, 0.1) is 11.1 Å². The molecular formula is C14H12O3S. The standard InChI is InChI=1S/C14H10O3.H2S/c15-13(11-7-3-1-4-8-11)17-14(16)12-9-5-2-6-10-12;/h1-10H;1H2. The lowest BCUT2D eigenvalue weighted by atomic mass is 10.2. The average molecular weight is 260 g/mol. The van der Waals surface area contributed by atoms with E-state index in [2.05, 4.69) is 0 Å². The molecule has 18 heavy (non-hydrogen) atoms. The van der Waals surface area contributed by atoms with Gasteiger partial charge in [-0.05, 0) is 24.3 Å². The number of hydrogen-bond acceptors (Lipinski definition) is 3. The summed E-state index contributed by atoms with van der Waals surface area (Å²) in [4.78, 5) is 23.2. The molecule has 0 saturated carbocycles. The van der Waals surface area contributed by atoms with E-state index < -0.39 is 11.9 Å². The van der Waals surface area contributed by atoms with E-state index in [1.54, 1.807) is 60.7 Å². The van der Waals surface area contributed by atoms with E-state index in [1.807, 2.05) is 0 Å². The molecule has 0 aliphatic heterocycles. The third-order valence-corrected chi connectivity index (χ3v) is 2.20. The fraction of sp³-hybridized carbons (Fsp3) is 0. The number of hydrogen-bond donors (Lipinski definition) is 0. The fourth-order valence-electron chi connectivity index (χ4n) is 1.35. The maximum absolute atomic E-state index is 11.6. The highest BCUT2D eigenvalue weighted by Crippen LogP contribution is 2.05. The van der Waals surface area contributed by atoms with Crippen LogP contribution in [-0.2, 0) is 4.74 Å². The third kappa shape index (κ3) is 3.46. The van der Waals surface area contributed by atoms with E-state index in [4.69, 9.17) is 4.74 Å². The summed E-state index contributed by atoms with van der Waals surface area (Å²) < 4.78 is 4.74. The summed E-state index contributed by atoms with van der Waals surface area (Å²) in [6.45, 7) is 0. The largest absolute Gasteiger partial charge is 0.386 e. The monoisotopic (exact) mass is 260 g/mol. The molecule has 92 valence electrons. The van der Waals surface area contributed by atoms with Gasteiger partial charge in [0.15, 0.2) is 0 Å². The number of esters is 2. The van der Waals surface area contributed by atoms with Crippen molar-refractivity contribution in [3.63, 3.8) is 0 Å². The first kappa shape index (κ1) is 14.0. The van der Waals surface area contributed by atoms with Crippen molar-refractivity contribution in [1.82, 2.24) is 0 Å². The molecule has 2 aromatic carbocycles.